The van der Waals surface area contributed by atoms with Crippen LogP contribution in [0.25, 0.3) is 11.3 Å². The number of halogens is 4. The Bertz CT molecular complexity index is 988. The first kappa shape index (κ1) is 18.1. The maximum absolute atomic E-state index is 13.3. The minimum Gasteiger partial charge on any atom is -0.341 e. The molecule has 1 aromatic carbocycles. The van der Waals surface area contributed by atoms with Gasteiger partial charge in [0.05, 0.1) is 16.8 Å². The molecule has 1 aromatic heterocycles. The van der Waals surface area contributed by atoms with Gasteiger partial charge in [0.1, 0.15) is 0 Å². The Hall–Kier alpha value is -0.240. The lowest BCUT2D eigenvalue weighted by Gasteiger charge is -2.21. The Morgan fingerprint density at radius 2 is 1.40 bits per heavy atom. The van der Waals surface area contributed by atoms with Gasteiger partial charge in [-0.3, -0.25) is 9.59 Å². The molecule has 1 heterocycles. The fourth-order valence-electron chi connectivity index (χ4n) is 3.95. The van der Waals surface area contributed by atoms with Crippen molar-refractivity contribution in [1.82, 2.24) is 4.57 Å². The lowest BCUT2D eigenvalue weighted by Crippen LogP contribution is -2.17. The molecular formula is C18H13Br4NO2. The Morgan fingerprint density at radius 3 is 2.00 bits per heavy atom. The zero-order valence-electron chi connectivity index (χ0n) is 13.5. The zero-order valence-corrected chi connectivity index (χ0v) is 19.8. The molecule has 0 bridgehead atoms. The van der Waals surface area contributed by atoms with Crippen LogP contribution in [-0.4, -0.2) is 16.1 Å². The second-order valence-corrected chi connectivity index (χ2v) is 9.79. The van der Waals surface area contributed by atoms with Crippen molar-refractivity contribution in [2.24, 2.45) is 0 Å². The first-order chi connectivity index (χ1) is 11.8. The van der Waals surface area contributed by atoms with E-state index in [0.29, 0.717) is 27.6 Å². The second-order valence-electron chi connectivity index (χ2n) is 6.62. The first-order valence-electron chi connectivity index (χ1n) is 7.98. The van der Waals surface area contributed by atoms with E-state index >= 15 is 0 Å². The van der Waals surface area contributed by atoms with Gasteiger partial charge in [0.2, 0.25) is 0 Å². The average molecular weight is 595 g/mol. The van der Waals surface area contributed by atoms with E-state index in [9.17, 15) is 9.59 Å². The molecule has 0 spiro atoms. The molecule has 0 radical (unpaired) electrons. The van der Waals surface area contributed by atoms with Gasteiger partial charge in [-0.05, 0) is 90.4 Å². The molecule has 0 atom stereocenters. The molecule has 25 heavy (non-hydrogen) atoms. The lowest BCUT2D eigenvalue weighted by molar-refractivity contribution is 0.0959. The van der Waals surface area contributed by atoms with E-state index in [2.05, 4.69) is 82.1 Å². The number of carbonyl (C=O) groups is 2. The maximum atomic E-state index is 13.3. The van der Waals surface area contributed by atoms with Crippen molar-refractivity contribution >= 4 is 75.3 Å². The number of nitrogens with zero attached hydrogens (tertiary/aromatic N) is 1. The molecule has 4 rings (SSSR count). The summed E-state index contributed by atoms with van der Waals surface area (Å²) in [6.45, 7) is 4.19. The van der Waals surface area contributed by atoms with E-state index in [0.717, 1.165) is 43.2 Å². The second kappa shape index (κ2) is 6.14. The van der Waals surface area contributed by atoms with Crippen molar-refractivity contribution in [3.8, 4) is 11.3 Å². The third-order valence-electron chi connectivity index (χ3n) is 4.88. The van der Waals surface area contributed by atoms with Gasteiger partial charge in [-0.1, -0.05) is 0 Å². The molecule has 2 aliphatic rings. The Labute approximate surface area is 179 Å². The minimum absolute atomic E-state index is 0.0725. The van der Waals surface area contributed by atoms with Crippen molar-refractivity contribution < 1.29 is 9.59 Å². The van der Waals surface area contributed by atoms with Crippen molar-refractivity contribution in [1.29, 1.82) is 0 Å². The molecule has 2 aromatic rings. The number of aromatic nitrogens is 1. The van der Waals surface area contributed by atoms with E-state index in [4.69, 9.17) is 0 Å². The molecule has 0 aliphatic heterocycles. The average Bonchev–Trinajstić information content (AvgIpc) is 3.04. The lowest BCUT2D eigenvalue weighted by atomic mass is 9.92. The summed E-state index contributed by atoms with van der Waals surface area (Å²) in [5.74, 6) is 0.0140. The van der Waals surface area contributed by atoms with E-state index in [1.165, 1.54) is 0 Å². The molecule has 0 N–H and O–H groups in total. The van der Waals surface area contributed by atoms with Crippen molar-refractivity contribution in [3.05, 3.63) is 40.3 Å². The highest BCUT2D eigenvalue weighted by Gasteiger charge is 2.42. The third kappa shape index (κ3) is 2.31. The number of fused-ring (bicyclic) bond motifs is 5. The van der Waals surface area contributed by atoms with Crippen LogP contribution in [0.5, 0.6) is 0 Å². The standard InChI is InChI=1S/C18H13Br4NO2/c1-6(2)23-7-4-3-5-8(24)9(7)12-17(23)10-11(18(12)25)14(20)16(22)15(21)13(10)19/h6H,3-5H2,1-2H3. The molecule has 2 aliphatic carbocycles. The first-order valence-corrected chi connectivity index (χ1v) is 11.2. The van der Waals surface area contributed by atoms with Crippen LogP contribution >= 0.6 is 63.7 Å². The van der Waals surface area contributed by atoms with Gasteiger partial charge < -0.3 is 4.57 Å². The molecular weight excluding hydrogens is 582 g/mol. The van der Waals surface area contributed by atoms with Crippen LogP contribution in [0.1, 0.15) is 64.7 Å². The van der Waals surface area contributed by atoms with Crippen LogP contribution < -0.4 is 0 Å². The predicted molar refractivity (Wildman–Crippen MR) is 112 cm³/mol. The summed E-state index contributed by atoms with van der Waals surface area (Å²) in [6, 6.07) is 0.162. The molecule has 130 valence electrons. The van der Waals surface area contributed by atoms with E-state index in [1.807, 2.05) is 0 Å². The number of hydrogen-bond acceptors (Lipinski definition) is 2. The molecule has 0 saturated carbocycles. The number of Topliss-reactive ketones (excluding diaryl/α,β-unsaturated/α-hetero) is 1. The molecule has 3 nitrogen and oxygen atoms in total. The summed E-state index contributed by atoms with van der Waals surface area (Å²) in [5.41, 5.74) is 4.57. The molecule has 0 unspecified atom stereocenters. The van der Waals surface area contributed by atoms with Crippen LogP contribution in [0.2, 0.25) is 0 Å². The summed E-state index contributed by atoms with van der Waals surface area (Å²) in [7, 11) is 0. The number of carbonyl (C=O) groups excluding carboxylic acids is 2. The SMILES string of the molecule is CC(C)n1c2c(c3c1-c1c(Br)c(Br)c(Br)c(Br)c1C3=O)C(=O)CCC2. The topological polar surface area (TPSA) is 39.1 Å². The van der Waals surface area contributed by atoms with Gasteiger partial charge in [0.25, 0.3) is 0 Å². The summed E-state index contributed by atoms with van der Waals surface area (Å²) >= 11 is 14.3. The highest BCUT2D eigenvalue weighted by atomic mass is 79.9. The quantitative estimate of drug-likeness (QED) is 0.228. The summed E-state index contributed by atoms with van der Waals surface area (Å²) in [5, 5.41) is 0. The highest BCUT2D eigenvalue weighted by Crippen LogP contribution is 2.54. The van der Waals surface area contributed by atoms with Gasteiger partial charge in [0, 0.05) is 47.2 Å². The van der Waals surface area contributed by atoms with Gasteiger partial charge >= 0.3 is 0 Å². The van der Waals surface area contributed by atoms with Gasteiger partial charge in [-0.15, -0.1) is 0 Å². The summed E-state index contributed by atoms with van der Waals surface area (Å²) in [4.78, 5) is 26.0. The molecule has 0 saturated heterocycles. The normalized spacial score (nSPS) is 15.6. The van der Waals surface area contributed by atoms with E-state index in [1.54, 1.807) is 0 Å². The molecule has 0 amide bonds. The van der Waals surface area contributed by atoms with Crippen molar-refractivity contribution in [2.45, 2.75) is 39.2 Å². The molecule has 7 heteroatoms. The van der Waals surface area contributed by atoms with Crippen molar-refractivity contribution in [3.63, 3.8) is 0 Å². The minimum atomic E-state index is -0.0725. The number of benzene rings is 1. The van der Waals surface area contributed by atoms with Gasteiger partial charge in [0.15, 0.2) is 11.6 Å². The Morgan fingerprint density at radius 1 is 0.800 bits per heavy atom. The summed E-state index contributed by atoms with van der Waals surface area (Å²) in [6.07, 6.45) is 2.20. The number of rotatable bonds is 1. The largest absolute Gasteiger partial charge is 0.341 e. The van der Waals surface area contributed by atoms with Gasteiger partial charge in [-0.2, -0.15) is 0 Å². The highest BCUT2D eigenvalue weighted by molar-refractivity contribution is 9.15. The van der Waals surface area contributed by atoms with Gasteiger partial charge in [-0.25, -0.2) is 0 Å². The smallest absolute Gasteiger partial charge is 0.197 e. The van der Waals surface area contributed by atoms with Crippen molar-refractivity contribution in [2.75, 3.05) is 0 Å². The predicted octanol–water partition coefficient (Wildman–Crippen LogP) is 6.85. The van der Waals surface area contributed by atoms with Crippen LogP contribution in [0.15, 0.2) is 17.9 Å². The van der Waals surface area contributed by atoms with Crippen LogP contribution in [0.3, 0.4) is 0 Å². The van der Waals surface area contributed by atoms with Crippen LogP contribution in [-0.2, 0) is 6.42 Å². The van der Waals surface area contributed by atoms with Crippen LogP contribution in [0.4, 0.5) is 0 Å². The third-order valence-corrected chi connectivity index (χ3v) is 9.65. The van der Waals surface area contributed by atoms with E-state index in [-0.39, 0.29) is 17.6 Å². The fraction of sp³-hybridized carbons (Fsp3) is 0.333. The van der Waals surface area contributed by atoms with Crippen LogP contribution in [0, 0.1) is 0 Å². The Kier molecular flexibility index (Phi) is 4.46. The Balaban J connectivity index is 2.20. The maximum Gasteiger partial charge on any atom is 0.197 e. The fourth-order valence-corrected chi connectivity index (χ4v) is 6.44. The monoisotopic (exact) mass is 591 g/mol. The van der Waals surface area contributed by atoms with E-state index < -0.39 is 0 Å². The zero-order chi connectivity index (χ0) is 18.2. The summed E-state index contributed by atoms with van der Waals surface area (Å²) < 4.78 is 5.36. The number of ketones is 2. The number of hydrogen-bond donors (Lipinski definition) is 0. The molecule has 0 fully saturated rings.